The van der Waals surface area contributed by atoms with Crippen LogP contribution in [0.15, 0.2) is 71.9 Å². The van der Waals surface area contributed by atoms with E-state index in [2.05, 4.69) is 5.10 Å². The van der Waals surface area contributed by atoms with Crippen molar-refractivity contribution in [2.24, 2.45) is 0 Å². The topological polar surface area (TPSA) is 125 Å². The van der Waals surface area contributed by atoms with Gasteiger partial charge in [-0.3, -0.25) is 14.9 Å². The van der Waals surface area contributed by atoms with Crippen molar-refractivity contribution < 1.29 is 19.2 Å². The first-order chi connectivity index (χ1) is 19.4. The van der Waals surface area contributed by atoms with Crippen LogP contribution in [0.3, 0.4) is 0 Å². The summed E-state index contributed by atoms with van der Waals surface area (Å²) >= 11 is 1.26. The second kappa shape index (κ2) is 11.6. The zero-order chi connectivity index (χ0) is 28.2. The lowest BCUT2D eigenvalue weighted by Crippen LogP contribution is -2.31. The van der Waals surface area contributed by atoms with Crippen LogP contribution < -0.4 is 9.47 Å². The predicted molar refractivity (Wildman–Crippen MR) is 152 cm³/mol. The lowest BCUT2D eigenvalue weighted by Gasteiger charge is -2.20. The summed E-state index contributed by atoms with van der Waals surface area (Å²) in [7, 11) is 3.09. The lowest BCUT2D eigenvalue weighted by atomic mass is 10.2. The van der Waals surface area contributed by atoms with E-state index in [9.17, 15) is 14.9 Å². The standard InChI is InChI=1S/C28H26N6O5S/c1-4-32(16-18-8-6-5-7-9-18)25(35)17-40-28-29-22-15-24(39-3)23(38-2)14-21(22)27-30-26(31-33(27)28)19-10-12-20(13-11-19)34(36)37/h5-15H,4,16-17H2,1-3H3. The van der Waals surface area contributed by atoms with E-state index in [4.69, 9.17) is 19.4 Å². The van der Waals surface area contributed by atoms with E-state index in [1.54, 1.807) is 47.9 Å². The molecule has 2 heterocycles. The molecule has 0 bridgehead atoms. The third-order valence-electron chi connectivity index (χ3n) is 6.36. The molecule has 3 aromatic carbocycles. The van der Waals surface area contributed by atoms with Gasteiger partial charge >= 0.3 is 0 Å². The molecule has 0 atom stereocenters. The fourth-order valence-electron chi connectivity index (χ4n) is 4.26. The van der Waals surface area contributed by atoms with Crippen LogP contribution in [0.1, 0.15) is 12.5 Å². The van der Waals surface area contributed by atoms with Gasteiger partial charge in [0.05, 0.1) is 30.4 Å². The van der Waals surface area contributed by atoms with Crippen molar-refractivity contribution in [3.05, 3.63) is 82.4 Å². The van der Waals surface area contributed by atoms with Crippen LogP contribution in [0.5, 0.6) is 11.5 Å². The number of benzene rings is 3. The summed E-state index contributed by atoms with van der Waals surface area (Å²) in [6.07, 6.45) is 0. The highest BCUT2D eigenvalue weighted by Crippen LogP contribution is 2.35. The molecule has 5 aromatic rings. The molecule has 0 unspecified atom stereocenters. The van der Waals surface area contributed by atoms with Gasteiger partial charge in [-0.05, 0) is 30.7 Å². The van der Waals surface area contributed by atoms with Crippen LogP contribution in [0, 0.1) is 10.1 Å². The molecule has 0 saturated carbocycles. The highest BCUT2D eigenvalue weighted by Gasteiger charge is 2.20. The molecule has 12 heteroatoms. The van der Waals surface area contributed by atoms with Crippen molar-refractivity contribution in [2.75, 3.05) is 26.5 Å². The van der Waals surface area contributed by atoms with Crippen molar-refractivity contribution in [1.29, 1.82) is 0 Å². The average Bonchev–Trinajstić information content (AvgIpc) is 3.44. The predicted octanol–water partition coefficient (Wildman–Crippen LogP) is 5.01. The summed E-state index contributed by atoms with van der Waals surface area (Å²) in [6.45, 7) is 3.03. The number of thioether (sulfide) groups is 1. The van der Waals surface area contributed by atoms with E-state index in [1.165, 1.54) is 23.9 Å². The number of nitro groups is 1. The van der Waals surface area contributed by atoms with Crippen LogP contribution >= 0.6 is 11.8 Å². The van der Waals surface area contributed by atoms with Gasteiger partial charge in [0.2, 0.25) is 5.91 Å². The Hall–Kier alpha value is -4.71. The molecule has 0 aliphatic rings. The van der Waals surface area contributed by atoms with E-state index in [-0.39, 0.29) is 17.3 Å². The third-order valence-corrected chi connectivity index (χ3v) is 7.27. The Morgan fingerprint density at radius 2 is 1.73 bits per heavy atom. The smallest absolute Gasteiger partial charge is 0.269 e. The Labute approximate surface area is 233 Å². The Morgan fingerprint density at radius 1 is 1.02 bits per heavy atom. The van der Waals surface area contributed by atoms with Crippen LogP contribution in [-0.2, 0) is 11.3 Å². The molecular formula is C28H26N6O5S. The summed E-state index contributed by atoms with van der Waals surface area (Å²) in [4.78, 5) is 35.2. The number of nitrogens with zero attached hydrogens (tertiary/aromatic N) is 6. The Kier molecular flexibility index (Phi) is 7.78. The highest BCUT2D eigenvalue weighted by molar-refractivity contribution is 7.99. The molecular weight excluding hydrogens is 532 g/mol. The van der Waals surface area contributed by atoms with Gasteiger partial charge in [-0.2, -0.15) is 4.52 Å². The third kappa shape index (κ3) is 5.38. The first-order valence-corrected chi connectivity index (χ1v) is 13.4. The molecule has 0 aliphatic carbocycles. The molecule has 0 fully saturated rings. The first kappa shape index (κ1) is 26.9. The number of ether oxygens (including phenoxy) is 2. The van der Waals surface area contributed by atoms with Gasteiger partial charge in [0, 0.05) is 42.2 Å². The second-order valence-corrected chi connectivity index (χ2v) is 9.72. The molecule has 0 radical (unpaired) electrons. The zero-order valence-corrected chi connectivity index (χ0v) is 22.9. The number of carbonyl (C=O) groups is 1. The van der Waals surface area contributed by atoms with Gasteiger partial charge in [-0.25, -0.2) is 9.97 Å². The quantitative estimate of drug-likeness (QED) is 0.101. The first-order valence-electron chi connectivity index (χ1n) is 12.4. The van der Waals surface area contributed by atoms with Crippen molar-refractivity contribution in [1.82, 2.24) is 24.5 Å². The van der Waals surface area contributed by atoms with Gasteiger partial charge in [0.1, 0.15) is 0 Å². The van der Waals surface area contributed by atoms with Crippen molar-refractivity contribution in [3.63, 3.8) is 0 Å². The lowest BCUT2D eigenvalue weighted by molar-refractivity contribution is -0.384. The summed E-state index contributed by atoms with van der Waals surface area (Å²) in [6, 6.07) is 19.4. The number of non-ortho nitro benzene ring substituents is 1. The number of aromatic nitrogens is 4. The van der Waals surface area contributed by atoms with E-state index in [0.717, 1.165) is 5.56 Å². The van der Waals surface area contributed by atoms with Crippen LogP contribution in [-0.4, -0.2) is 61.8 Å². The van der Waals surface area contributed by atoms with Gasteiger partial charge in [-0.1, -0.05) is 42.1 Å². The number of amides is 1. The van der Waals surface area contributed by atoms with Crippen molar-refractivity contribution in [3.8, 4) is 22.9 Å². The molecule has 2 aromatic heterocycles. The van der Waals surface area contributed by atoms with Crippen molar-refractivity contribution >= 4 is 39.9 Å². The van der Waals surface area contributed by atoms with E-state index < -0.39 is 4.92 Å². The molecule has 5 rings (SSSR count). The maximum atomic E-state index is 13.2. The molecule has 0 aliphatic heterocycles. The number of methoxy groups -OCH3 is 2. The summed E-state index contributed by atoms with van der Waals surface area (Å²) in [5, 5.41) is 16.9. The average molecular weight is 559 g/mol. The molecule has 0 saturated heterocycles. The Bertz CT molecular complexity index is 1690. The monoisotopic (exact) mass is 558 g/mol. The fourth-order valence-corrected chi connectivity index (χ4v) is 5.10. The van der Waals surface area contributed by atoms with Gasteiger partial charge in [-0.15, -0.1) is 5.10 Å². The Balaban J connectivity index is 1.53. The molecule has 1 amide bonds. The highest BCUT2D eigenvalue weighted by atomic mass is 32.2. The van der Waals surface area contributed by atoms with Gasteiger partial charge in [0.25, 0.3) is 5.69 Å². The summed E-state index contributed by atoms with van der Waals surface area (Å²) in [5.41, 5.74) is 2.74. The molecule has 204 valence electrons. The SMILES string of the molecule is CCN(Cc1ccccc1)C(=O)CSc1nc2cc(OC)c(OC)cc2c2nc(-c3ccc([N+](=O)[O-])cc3)nn12. The number of nitro benzene ring substituents is 1. The van der Waals surface area contributed by atoms with Crippen LogP contribution in [0.25, 0.3) is 27.9 Å². The second-order valence-electron chi connectivity index (χ2n) is 8.78. The fraction of sp³-hybridized carbons (Fsp3) is 0.214. The molecule has 11 nitrogen and oxygen atoms in total. The summed E-state index contributed by atoms with van der Waals surface area (Å²) in [5.74, 6) is 1.50. The van der Waals surface area contributed by atoms with Gasteiger partial charge < -0.3 is 14.4 Å². The number of hydrogen-bond donors (Lipinski definition) is 0. The normalized spacial score (nSPS) is 11.1. The molecule has 0 N–H and O–H groups in total. The van der Waals surface area contributed by atoms with Crippen molar-refractivity contribution in [2.45, 2.75) is 18.6 Å². The molecule has 40 heavy (non-hydrogen) atoms. The maximum Gasteiger partial charge on any atom is 0.269 e. The van der Waals surface area contributed by atoms with Gasteiger partial charge in [0.15, 0.2) is 28.1 Å². The van der Waals surface area contributed by atoms with E-state index in [0.29, 0.717) is 57.7 Å². The van der Waals surface area contributed by atoms with Crippen LogP contribution in [0.4, 0.5) is 5.69 Å². The maximum absolute atomic E-state index is 13.2. The number of hydrogen-bond acceptors (Lipinski definition) is 9. The zero-order valence-electron chi connectivity index (χ0n) is 22.1. The number of carbonyl (C=O) groups excluding carboxylic acids is 1. The largest absolute Gasteiger partial charge is 0.493 e. The van der Waals surface area contributed by atoms with E-state index >= 15 is 0 Å². The minimum Gasteiger partial charge on any atom is -0.493 e. The number of rotatable bonds is 10. The Morgan fingerprint density at radius 3 is 2.38 bits per heavy atom. The number of fused-ring (bicyclic) bond motifs is 3. The summed E-state index contributed by atoms with van der Waals surface area (Å²) < 4.78 is 12.6. The molecule has 0 spiro atoms. The minimum absolute atomic E-state index is 0.0257. The minimum atomic E-state index is -0.457. The van der Waals surface area contributed by atoms with Crippen LogP contribution in [0.2, 0.25) is 0 Å². The van der Waals surface area contributed by atoms with E-state index in [1.807, 2.05) is 37.3 Å².